The fourth-order valence-corrected chi connectivity index (χ4v) is 3.39. The van der Waals surface area contributed by atoms with E-state index in [9.17, 15) is 8.42 Å². The van der Waals surface area contributed by atoms with Crippen LogP contribution in [0.2, 0.25) is 0 Å². The second kappa shape index (κ2) is 6.98. The molecule has 0 saturated carbocycles. The van der Waals surface area contributed by atoms with Crippen LogP contribution in [0.25, 0.3) is 10.8 Å². The number of nitrogens with zero attached hydrogens (tertiary/aromatic N) is 1. The summed E-state index contributed by atoms with van der Waals surface area (Å²) >= 11 is 0. The molecule has 0 unspecified atom stereocenters. The highest BCUT2D eigenvalue weighted by molar-refractivity contribution is 7.89. The van der Waals surface area contributed by atoms with E-state index in [0.717, 1.165) is 18.4 Å². The van der Waals surface area contributed by atoms with Crippen LogP contribution < -0.4 is 10.0 Å². The van der Waals surface area contributed by atoms with Crippen LogP contribution in [0.1, 0.15) is 20.3 Å². The molecule has 2 aromatic rings. The molecular formula is C15H21N3O2S. The zero-order valence-electron chi connectivity index (χ0n) is 12.3. The second-order valence-corrected chi connectivity index (χ2v) is 6.95. The molecular weight excluding hydrogens is 286 g/mol. The molecule has 114 valence electrons. The van der Waals surface area contributed by atoms with Crippen LogP contribution in [0.4, 0.5) is 0 Å². The Morgan fingerprint density at radius 1 is 1.19 bits per heavy atom. The van der Waals surface area contributed by atoms with Gasteiger partial charge in [0.2, 0.25) is 10.0 Å². The summed E-state index contributed by atoms with van der Waals surface area (Å²) in [5.41, 5.74) is 0. The van der Waals surface area contributed by atoms with E-state index in [2.05, 4.69) is 28.9 Å². The third-order valence-corrected chi connectivity index (χ3v) is 4.65. The molecule has 2 rings (SSSR count). The van der Waals surface area contributed by atoms with Crippen molar-refractivity contribution in [2.75, 3.05) is 13.1 Å². The first kappa shape index (κ1) is 15.9. The summed E-state index contributed by atoms with van der Waals surface area (Å²) in [7, 11) is -3.49. The smallest absolute Gasteiger partial charge is 0.241 e. The number of fused-ring (bicyclic) bond motifs is 1. The highest BCUT2D eigenvalue weighted by Gasteiger charge is 2.16. The molecule has 0 radical (unpaired) electrons. The van der Waals surface area contributed by atoms with E-state index in [1.54, 1.807) is 30.6 Å². The van der Waals surface area contributed by atoms with Gasteiger partial charge in [-0.3, -0.25) is 4.98 Å². The number of rotatable bonds is 7. The summed E-state index contributed by atoms with van der Waals surface area (Å²) in [5, 5.41) is 4.77. The Hall–Kier alpha value is -1.50. The van der Waals surface area contributed by atoms with Gasteiger partial charge in [-0.1, -0.05) is 26.0 Å². The van der Waals surface area contributed by atoms with Crippen LogP contribution in [-0.4, -0.2) is 32.5 Å². The van der Waals surface area contributed by atoms with Gasteiger partial charge in [-0.2, -0.15) is 0 Å². The summed E-state index contributed by atoms with van der Waals surface area (Å²) < 4.78 is 27.4. The Bertz CT molecular complexity index is 694. The summed E-state index contributed by atoms with van der Waals surface area (Å²) in [4.78, 5) is 4.32. The van der Waals surface area contributed by atoms with E-state index < -0.39 is 10.0 Å². The molecule has 6 heteroatoms. The SMILES string of the molecule is CC(C)NCCCNS(=O)(=O)c1cccc2cnccc12. The van der Waals surface area contributed by atoms with Gasteiger partial charge in [0.05, 0.1) is 4.90 Å². The highest BCUT2D eigenvalue weighted by atomic mass is 32.2. The molecule has 0 amide bonds. The first-order valence-corrected chi connectivity index (χ1v) is 8.55. The average molecular weight is 307 g/mol. The van der Waals surface area contributed by atoms with Crippen LogP contribution in [0.5, 0.6) is 0 Å². The minimum absolute atomic E-state index is 0.305. The van der Waals surface area contributed by atoms with Crippen molar-refractivity contribution < 1.29 is 8.42 Å². The lowest BCUT2D eigenvalue weighted by molar-refractivity contribution is 0.555. The maximum absolute atomic E-state index is 12.4. The summed E-state index contributed by atoms with van der Waals surface area (Å²) in [6.07, 6.45) is 4.03. The third-order valence-electron chi connectivity index (χ3n) is 3.13. The summed E-state index contributed by atoms with van der Waals surface area (Å²) in [6, 6.07) is 7.35. The summed E-state index contributed by atoms with van der Waals surface area (Å²) in [5.74, 6) is 0. The number of pyridine rings is 1. The van der Waals surface area contributed by atoms with E-state index in [0.29, 0.717) is 22.9 Å². The van der Waals surface area contributed by atoms with E-state index in [4.69, 9.17) is 0 Å². The fourth-order valence-electron chi connectivity index (χ4n) is 2.09. The van der Waals surface area contributed by atoms with Crippen molar-refractivity contribution in [3.63, 3.8) is 0 Å². The number of sulfonamides is 1. The lowest BCUT2D eigenvalue weighted by Gasteiger charge is -2.10. The van der Waals surface area contributed by atoms with Gasteiger partial charge in [0.25, 0.3) is 0 Å². The topological polar surface area (TPSA) is 71.1 Å². The fraction of sp³-hybridized carbons (Fsp3) is 0.400. The minimum atomic E-state index is -3.49. The zero-order valence-corrected chi connectivity index (χ0v) is 13.2. The second-order valence-electron chi connectivity index (χ2n) is 5.21. The normalized spacial score (nSPS) is 12.1. The number of benzene rings is 1. The van der Waals surface area contributed by atoms with Crippen molar-refractivity contribution in [3.05, 3.63) is 36.7 Å². The standard InChI is InChI=1S/C15H21N3O2S/c1-12(2)17-8-4-9-18-21(19,20)15-6-3-5-13-11-16-10-7-14(13)15/h3,5-7,10-12,17-18H,4,8-9H2,1-2H3. The monoisotopic (exact) mass is 307 g/mol. The van der Waals surface area contributed by atoms with Gasteiger partial charge in [-0.05, 0) is 25.1 Å². The van der Waals surface area contributed by atoms with E-state index in [1.807, 2.05) is 6.07 Å². The maximum atomic E-state index is 12.4. The van der Waals surface area contributed by atoms with E-state index >= 15 is 0 Å². The maximum Gasteiger partial charge on any atom is 0.241 e. The number of aromatic nitrogens is 1. The van der Waals surface area contributed by atoms with Gasteiger partial charge in [-0.25, -0.2) is 13.1 Å². The number of hydrogen-bond acceptors (Lipinski definition) is 4. The lowest BCUT2D eigenvalue weighted by atomic mass is 10.2. The van der Waals surface area contributed by atoms with Crippen molar-refractivity contribution in [1.82, 2.24) is 15.0 Å². The summed E-state index contributed by atoms with van der Waals surface area (Å²) in [6.45, 7) is 5.34. The molecule has 0 aliphatic rings. The van der Waals surface area contributed by atoms with Crippen molar-refractivity contribution in [2.24, 2.45) is 0 Å². The van der Waals surface area contributed by atoms with Crippen LogP contribution in [0, 0.1) is 0 Å². The van der Waals surface area contributed by atoms with Crippen LogP contribution in [0.15, 0.2) is 41.6 Å². The Kier molecular flexibility index (Phi) is 5.27. The molecule has 0 bridgehead atoms. The van der Waals surface area contributed by atoms with E-state index in [1.165, 1.54) is 0 Å². The van der Waals surface area contributed by atoms with Crippen LogP contribution in [-0.2, 0) is 10.0 Å². The van der Waals surface area contributed by atoms with Crippen molar-refractivity contribution in [2.45, 2.75) is 31.2 Å². The van der Waals surface area contributed by atoms with Crippen molar-refractivity contribution >= 4 is 20.8 Å². The highest BCUT2D eigenvalue weighted by Crippen LogP contribution is 2.21. The molecule has 1 aromatic heterocycles. The third kappa shape index (κ3) is 4.23. The molecule has 0 spiro atoms. The Balaban J connectivity index is 2.08. The van der Waals surface area contributed by atoms with Gasteiger partial charge >= 0.3 is 0 Å². The molecule has 0 aliphatic heterocycles. The van der Waals surface area contributed by atoms with Crippen LogP contribution in [0.3, 0.4) is 0 Å². The molecule has 0 fully saturated rings. The van der Waals surface area contributed by atoms with Crippen molar-refractivity contribution in [1.29, 1.82) is 0 Å². The van der Waals surface area contributed by atoms with Crippen molar-refractivity contribution in [3.8, 4) is 0 Å². The Morgan fingerprint density at radius 2 is 2.00 bits per heavy atom. The average Bonchev–Trinajstić information content (AvgIpc) is 2.46. The molecule has 1 aromatic carbocycles. The lowest BCUT2D eigenvalue weighted by Crippen LogP contribution is -2.29. The van der Waals surface area contributed by atoms with Gasteiger partial charge in [0.15, 0.2) is 0 Å². The molecule has 1 heterocycles. The predicted octanol–water partition coefficient (Wildman–Crippen LogP) is 1.90. The minimum Gasteiger partial charge on any atom is -0.314 e. The van der Waals surface area contributed by atoms with E-state index in [-0.39, 0.29) is 0 Å². The number of nitrogens with one attached hydrogen (secondary N) is 2. The molecule has 5 nitrogen and oxygen atoms in total. The predicted molar refractivity (Wildman–Crippen MR) is 84.7 cm³/mol. The molecule has 0 saturated heterocycles. The van der Waals surface area contributed by atoms with Gasteiger partial charge < -0.3 is 5.32 Å². The molecule has 2 N–H and O–H groups in total. The number of hydrogen-bond donors (Lipinski definition) is 2. The quantitative estimate of drug-likeness (QED) is 0.767. The first-order chi connectivity index (χ1) is 10.0. The van der Waals surface area contributed by atoms with Gasteiger partial charge in [0.1, 0.15) is 0 Å². The largest absolute Gasteiger partial charge is 0.314 e. The molecule has 0 atom stereocenters. The van der Waals surface area contributed by atoms with Crippen LogP contribution >= 0.6 is 0 Å². The molecule has 0 aliphatic carbocycles. The van der Waals surface area contributed by atoms with Gasteiger partial charge in [0, 0.05) is 35.8 Å². The zero-order chi connectivity index (χ0) is 15.3. The Morgan fingerprint density at radius 3 is 2.76 bits per heavy atom. The Labute approximate surface area is 125 Å². The molecule has 21 heavy (non-hydrogen) atoms. The van der Waals surface area contributed by atoms with Gasteiger partial charge in [-0.15, -0.1) is 0 Å². The first-order valence-electron chi connectivity index (χ1n) is 7.06.